The first-order valence-corrected chi connectivity index (χ1v) is 8.29. The number of likely N-dealkylation sites (tertiary alicyclic amines) is 1. The van der Waals surface area contributed by atoms with E-state index in [1.807, 2.05) is 4.90 Å². The lowest BCUT2D eigenvalue weighted by molar-refractivity contribution is -0.133. The van der Waals surface area contributed by atoms with Crippen LogP contribution in [0.1, 0.15) is 32.3 Å². The third-order valence-electron chi connectivity index (χ3n) is 4.50. The number of nitrogens with one attached hydrogen (secondary N) is 1. The molecule has 126 valence electrons. The molecule has 1 saturated heterocycles. The fraction of sp³-hybridized carbons (Fsp3) is 0.529. The number of carbonyl (C=O) groups excluding carboxylic acids is 2. The average Bonchev–Trinajstić information content (AvgIpc) is 2.52. The van der Waals surface area contributed by atoms with Gasteiger partial charge in [0.05, 0.1) is 6.54 Å². The summed E-state index contributed by atoms with van der Waals surface area (Å²) in [6.45, 7) is 5.43. The van der Waals surface area contributed by atoms with Crippen molar-refractivity contribution in [3.63, 3.8) is 0 Å². The lowest BCUT2D eigenvalue weighted by atomic mass is 9.91. The van der Waals surface area contributed by atoms with E-state index in [0.29, 0.717) is 16.5 Å². The Hall–Kier alpha value is -1.59. The Bertz CT molecular complexity index is 593. The minimum Gasteiger partial charge on any atom is -0.368 e. The molecule has 2 amide bonds. The fourth-order valence-corrected chi connectivity index (χ4v) is 3.10. The summed E-state index contributed by atoms with van der Waals surface area (Å²) in [5.41, 5.74) is 5.08. The van der Waals surface area contributed by atoms with Gasteiger partial charge in [-0.05, 0) is 43.4 Å². The average molecular weight is 338 g/mol. The Morgan fingerprint density at radius 1 is 1.48 bits per heavy atom. The number of hydrogen-bond acceptors (Lipinski definition) is 3. The van der Waals surface area contributed by atoms with Gasteiger partial charge >= 0.3 is 0 Å². The van der Waals surface area contributed by atoms with Gasteiger partial charge in [-0.1, -0.05) is 30.7 Å². The summed E-state index contributed by atoms with van der Waals surface area (Å²) >= 11 is 6.00. The molecular weight excluding hydrogens is 314 g/mol. The minimum absolute atomic E-state index is 0.00828. The predicted octanol–water partition coefficient (Wildman–Crippen LogP) is 1.89. The molecule has 5 nitrogen and oxygen atoms in total. The highest BCUT2D eigenvalue weighted by Gasteiger charge is 2.34. The Labute approximate surface area is 142 Å². The number of rotatable bonds is 5. The second kappa shape index (κ2) is 7.32. The number of piperidine rings is 1. The van der Waals surface area contributed by atoms with Crippen LogP contribution in [0.15, 0.2) is 24.3 Å². The molecule has 23 heavy (non-hydrogen) atoms. The van der Waals surface area contributed by atoms with Crippen molar-refractivity contribution < 1.29 is 9.59 Å². The molecule has 1 aromatic carbocycles. The zero-order valence-electron chi connectivity index (χ0n) is 13.6. The quantitative estimate of drug-likeness (QED) is 0.861. The normalized spacial score (nSPS) is 20.8. The molecule has 0 aliphatic carbocycles. The highest BCUT2D eigenvalue weighted by molar-refractivity contribution is 6.30. The highest BCUT2D eigenvalue weighted by Crippen LogP contribution is 2.23. The van der Waals surface area contributed by atoms with E-state index in [1.54, 1.807) is 31.2 Å². The van der Waals surface area contributed by atoms with Crippen LogP contribution in [0, 0.1) is 5.92 Å². The van der Waals surface area contributed by atoms with Crippen molar-refractivity contribution in [3.05, 3.63) is 34.9 Å². The van der Waals surface area contributed by atoms with Crippen molar-refractivity contribution in [3.8, 4) is 0 Å². The first-order valence-electron chi connectivity index (χ1n) is 7.91. The molecule has 1 aliphatic rings. The maximum Gasteiger partial charge on any atom is 0.242 e. The molecular formula is C17H24ClN3O2. The van der Waals surface area contributed by atoms with E-state index in [-0.39, 0.29) is 12.5 Å². The van der Waals surface area contributed by atoms with Crippen molar-refractivity contribution in [2.24, 2.45) is 11.7 Å². The van der Waals surface area contributed by atoms with Crippen molar-refractivity contribution in [1.82, 2.24) is 10.2 Å². The van der Waals surface area contributed by atoms with Gasteiger partial charge in [0.1, 0.15) is 5.54 Å². The topological polar surface area (TPSA) is 75.4 Å². The zero-order chi connectivity index (χ0) is 17.0. The lowest BCUT2D eigenvalue weighted by Crippen LogP contribution is -2.54. The molecule has 0 unspecified atom stereocenters. The molecule has 2 atom stereocenters. The van der Waals surface area contributed by atoms with Crippen LogP contribution < -0.4 is 11.1 Å². The van der Waals surface area contributed by atoms with E-state index in [4.69, 9.17) is 17.3 Å². The van der Waals surface area contributed by atoms with Gasteiger partial charge in [0, 0.05) is 18.1 Å². The second-order valence-corrected chi connectivity index (χ2v) is 6.88. The van der Waals surface area contributed by atoms with Gasteiger partial charge in [0.25, 0.3) is 0 Å². The first-order chi connectivity index (χ1) is 10.8. The molecule has 1 fully saturated rings. The van der Waals surface area contributed by atoms with E-state index in [1.165, 1.54) is 0 Å². The zero-order valence-corrected chi connectivity index (χ0v) is 14.4. The number of amides is 2. The van der Waals surface area contributed by atoms with E-state index < -0.39 is 11.4 Å². The van der Waals surface area contributed by atoms with Crippen LogP contribution in [0.3, 0.4) is 0 Å². The van der Waals surface area contributed by atoms with Crippen molar-refractivity contribution in [2.45, 2.75) is 32.2 Å². The number of hydrogen-bond donors (Lipinski definition) is 2. The number of nitrogens with two attached hydrogens (primary N) is 1. The Morgan fingerprint density at radius 3 is 2.83 bits per heavy atom. The Kier molecular flexibility index (Phi) is 5.65. The van der Waals surface area contributed by atoms with Crippen molar-refractivity contribution in [1.29, 1.82) is 0 Å². The van der Waals surface area contributed by atoms with Gasteiger partial charge in [0.2, 0.25) is 11.8 Å². The summed E-state index contributed by atoms with van der Waals surface area (Å²) in [6, 6.07) is 6.95. The number of carbonyl (C=O) groups is 2. The predicted molar refractivity (Wildman–Crippen MR) is 91.0 cm³/mol. The van der Waals surface area contributed by atoms with Crippen LogP contribution >= 0.6 is 11.6 Å². The van der Waals surface area contributed by atoms with Gasteiger partial charge in [-0.25, -0.2) is 0 Å². The molecule has 1 heterocycles. The minimum atomic E-state index is -1.14. The number of halogens is 1. The molecule has 0 spiro atoms. The third-order valence-corrected chi connectivity index (χ3v) is 4.73. The summed E-state index contributed by atoms with van der Waals surface area (Å²) < 4.78 is 0. The van der Waals surface area contributed by atoms with Gasteiger partial charge < -0.3 is 10.6 Å². The molecule has 0 aromatic heterocycles. The summed E-state index contributed by atoms with van der Waals surface area (Å²) in [5, 5.41) is 3.55. The molecule has 0 saturated carbocycles. The molecule has 1 aliphatic heterocycles. The Morgan fingerprint density at radius 2 is 2.22 bits per heavy atom. The van der Waals surface area contributed by atoms with Crippen LogP contribution in [-0.4, -0.2) is 36.3 Å². The number of nitrogens with zero attached hydrogens (tertiary/aromatic N) is 1. The third kappa shape index (κ3) is 4.24. The van der Waals surface area contributed by atoms with Crippen LogP contribution in [0.4, 0.5) is 0 Å². The van der Waals surface area contributed by atoms with Gasteiger partial charge in [-0.15, -0.1) is 0 Å². The van der Waals surface area contributed by atoms with Crippen molar-refractivity contribution >= 4 is 23.4 Å². The highest BCUT2D eigenvalue weighted by atomic mass is 35.5. The standard InChI is InChI=1S/C17H24ClN3O2/c1-12-5-4-8-21(11-12)15(22)10-20-17(2,16(19)23)13-6-3-7-14(18)9-13/h3,6-7,9,12,20H,4-5,8,10-11H2,1-2H3,(H2,19,23)/t12-,17-/m1/s1. The van der Waals surface area contributed by atoms with Gasteiger partial charge in [-0.2, -0.15) is 0 Å². The first kappa shape index (κ1) is 17.8. The van der Waals surface area contributed by atoms with Gasteiger partial charge in [-0.3, -0.25) is 14.9 Å². The molecule has 6 heteroatoms. The molecule has 1 aromatic rings. The van der Waals surface area contributed by atoms with E-state index in [0.717, 1.165) is 25.9 Å². The maximum absolute atomic E-state index is 12.4. The number of primary amides is 1. The lowest BCUT2D eigenvalue weighted by Gasteiger charge is -2.33. The summed E-state index contributed by atoms with van der Waals surface area (Å²) in [7, 11) is 0. The van der Waals surface area contributed by atoms with E-state index >= 15 is 0 Å². The van der Waals surface area contributed by atoms with Crippen LogP contribution in [-0.2, 0) is 15.1 Å². The van der Waals surface area contributed by atoms with Crippen LogP contribution in [0.25, 0.3) is 0 Å². The summed E-state index contributed by atoms with van der Waals surface area (Å²) in [6.07, 6.45) is 2.17. The molecule has 3 N–H and O–H groups in total. The fourth-order valence-electron chi connectivity index (χ4n) is 2.91. The second-order valence-electron chi connectivity index (χ2n) is 6.44. The number of benzene rings is 1. The van der Waals surface area contributed by atoms with Crippen LogP contribution in [0.2, 0.25) is 5.02 Å². The van der Waals surface area contributed by atoms with Gasteiger partial charge in [0.15, 0.2) is 0 Å². The maximum atomic E-state index is 12.4. The molecule has 0 bridgehead atoms. The van der Waals surface area contributed by atoms with E-state index in [9.17, 15) is 9.59 Å². The van der Waals surface area contributed by atoms with Crippen LogP contribution in [0.5, 0.6) is 0 Å². The van der Waals surface area contributed by atoms with Crippen molar-refractivity contribution in [2.75, 3.05) is 19.6 Å². The Balaban J connectivity index is 2.08. The summed E-state index contributed by atoms with van der Waals surface area (Å²) in [4.78, 5) is 26.2. The van der Waals surface area contributed by atoms with E-state index in [2.05, 4.69) is 12.2 Å². The largest absolute Gasteiger partial charge is 0.368 e. The smallest absolute Gasteiger partial charge is 0.242 e. The SMILES string of the molecule is C[C@@H]1CCCN(C(=O)CN[C@@](C)(C(N)=O)c2cccc(Cl)c2)C1. The molecule has 0 radical (unpaired) electrons. The summed E-state index contributed by atoms with van der Waals surface area (Å²) in [5.74, 6) is -0.0335. The monoisotopic (exact) mass is 337 g/mol. The molecule has 2 rings (SSSR count).